The Morgan fingerprint density at radius 3 is 2.00 bits per heavy atom. The fourth-order valence-corrected chi connectivity index (χ4v) is 3.86. The van der Waals surface area contributed by atoms with E-state index in [0.29, 0.717) is 21.3 Å². The Labute approximate surface area is 81.7 Å². The summed E-state index contributed by atoms with van der Waals surface area (Å²) in [5.74, 6) is 0.882. The Bertz CT molecular complexity index is 435. The van der Waals surface area contributed by atoms with Gasteiger partial charge in [-0.15, -0.1) is 11.3 Å². The molecular formula is C8H4N2OS2. The third kappa shape index (κ3) is 1.17. The van der Waals surface area contributed by atoms with Crippen molar-refractivity contribution in [2.75, 3.05) is 0 Å². The van der Waals surface area contributed by atoms with Crippen LogP contribution in [0.1, 0.15) is 20.9 Å². The van der Waals surface area contributed by atoms with Crippen LogP contribution < -0.4 is 0 Å². The summed E-state index contributed by atoms with van der Waals surface area (Å²) in [7, 11) is -0.908. The van der Waals surface area contributed by atoms with Gasteiger partial charge in [-0.1, -0.05) is 0 Å². The van der Waals surface area contributed by atoms with Crippen molar-refractivity contribution in [3.8, 4) is 12.1 Å². The van der Waals surface area contributed by atoms with Crippen LogP contribution in [0, 0.1) is 22.7 Å². The standard InChI is InChI=1S/C8H4N2OS2/c9-1-7-5-3-13(11)4-6(5)8(2-10)12-7/h3-4H2. The minimum Gasteiger partial charge on any atom is -0.259 e. The van der Waals surface area contributed by atoms with E-state index < -0.39 is 10.8 Å². The minimum atomic E-state index is -0.908. The molecule has 0 N–H and O–H groups in total. The number of hydrogen-bond acceptors (Lipinski definition) is 4. The number of hydrogen-bond donors (Lipinski definition) is 0. The number of rotatable bonds is 0. The Hall–Kier alpha value is -1.17. The van der Waals surface area contributed by atoms with Crippen LogP contribution in [0.4, 0.5) is 0 Å². The zero-order valence-corrected chi connectivity index (χ0v) is 8.17. The van der Waals surface area contributed by atoms with Gasteiger partial charge in [-0.25, -0.2) is 0 Å². The second-order valence-corrected chi connectivity index (χ2v) is 5.15. The van der Waals surface area contributed by atoms with E-state index in [-0.39, 0.29) is 0 Å². The first-order chi connectivity index (χ1) is 6.26. The van der Waals surface area contributed by atoms with Gasteiger partial charge in [-0.05, 0) is 11.1 Å². The lowest BCUT2D eigenvalue weighted by Gasteiger charge is -1.85. The van der Waals surface area contributed by atoms with Gasteiger partial charge in [0.05, 0.1) is 11.5 Å². The fraction of sp³-hybridized carbons (Fsp3) is 0.250. The van der Waals surface area contributed by atoms with Crippen molar-refractivity contribution in [2.24, 2.45) is 0 Å². The van der Waals surface area contributed by atoms with E-state index in [4.69, 9.17) is 10.5 Å². The number of nitriles is 2. The third-order valence-electron chi connectivity index (χ3n) is 1.93. The molecule has 1 aliphatic rings. The summed E-state index contributed by atoms with van der Waals surface area (Å²) in [6, 6.07) is 4.07. The SMILES string of the molecule is N#Cc1sc(C#N)c2c1CS(=O)C2. The summed E-state index contributed by atoms with van der Waals surface area (Å²) < 4.78 is 11.2. The highest BCUT2D eigenvalue weighted by atomic mass is 32.2. The van der Waals surface area contributed by atoms with Gasteiger partial charge in [-0.2, -0.15) is 10.5 Å². The van der Waals surface area contributed by atoms with Gasteiger partial charge in [0.2, 0.25) is 0 Å². The Balaban J connectivity index is 2.65. The van der Waals surface area contributed by atoms with E-state index in [1.54, 1.807) is 0 Å². The van der Waals surface area contributed by atoms with Gasteiger partial charge < -0.3 is 0 Å². The predicted octanol–water partition coefficient (Wildman–Crippen LogP) is 1.25. The normalized spacial score (nSPS) is 14.9. The topological polar surface area (TPSA) is 64.7 Å². The summed E-state index contributed by atoms with van der Waals surface area (Å²) in [5.41, 5.74) is 1.67. The van der Waals surface area contributed by atoms with E-state index in [1.165, 1.54) is 11.3 Å². The number of nitrogens with zero attached hydrogens (tertiary/aromatic N) is 2. The molecule has 0 spiro atoms. The highest BCUT2D eigenvalue weighted by Gasteiger charge is 2.26. The van der Waals surface area contributed by atoms with Crippen molar-refractivity contribution >= 4 is 22.1 Å². The van der Waals surface area contributed by atoms with E-state index in [0.717, 1.165) is 11.1 Å². The molecule has 0 atom stereocenters. The molecule has 2 rings (SSSR count). The number of thiophene rings is 1. The maximum Gasteiger partial charge on any atom is 0.110 e. The van der Waals surface area contributed by atoms with Gasteiger partial charge in [0, 0.05) is 10.8 Å². The zero-order chi connectivity index (χ0) is 9.42. The molecule has 13 heavy (non-hydrogen) atoms. The van der Waals surface area contributed by atoms with Crippen molar-refractivity contribution in [3.05, 3.63) is 20.9 Å². The first-order valence-electron chi connectivity index (χ1n) is 3.56. The molecule has 0 fully saturated rings. The summed E-state index contributed by atoms with van der Waals surface area (Å²) in [6.45, 7) is 0. The van der Waals surface area contributed by atoms with Gasteiger partial charge in [0.1, 0.15) is 21.9 Å². The maximum atomic E-state index is 11.2. The highest BCUT2D eigenvalue weighted by molar-refractivity contribution is 7.83. The molecule has 0 amide bonds. The van der Waals surface area contributed by atoms with Crippen LogP contribution in [-0.4, -0.2) is 4.21 Å². The van der Waals surface area contributed by atoms with E-state index in [1.807, 2.05) is 12.1 Å². The molecule has 64 valence electrons. The van der Waals surface area contributed by atoms with Crippen molar-refractivity contribution < 1.29 is 4.21 Å². The Morgan fingerprint density at radius 2 is 1.62 bits per heavy atom. The van der Waals surface area contributed by atoms with Gasteiger partial charge in [-0.3, -0.25) is 4.21 Å². The third-order valence-corrected chi connectivity index (χ3v) is 4.24. The van der Waals surface area contributed by atoms with Crippen LogP contribution >= 0.6 is 11.3 Å². The Morgan fingerprint density at radius 1 is 1.15 bits per heavy atom. The molecular weight excluding hydrogens is 204 g/mol. The molecule has 1 aliphatic heterocycles. The fourth-order valence-electron chi connectivity index (χ4n) is 1.36. The zero-order valence-electron chi connectivity index (χ0n) is 6.53. The quantitative estimate of drug-likeness (QED) is 0.644. The molecule has 0 bridgehead atoms. The molecule has 2 heterocycles. The first-order valence-corrected chi connectivity index (χ1v) is 5.86. The van der Waals surface area contributed by atoms with Crippen molar-refractivity contribution in [3.63, 3.8) is 0 Å². The van der Waals surface area contributed by atoms with E-state index in [9.17, 15) is 4.21 Å². The van der Waals surface area contributed by atoms with Gasteiger partial charge >= 0.3 is 0 Å². The molecule has 5 heteroatoms. The largest absolute Gasteiger partial charge is 0.259 e. The van der Waals surface area contributed by atoms with E-state index in [2.05, 4.69) is 0 Å². The molecule has 0 aromatic carbocycles. The molecule has 0 saturated heterocycles. The van der Waals surface area contributed by atoms with Crippen LogP contribution in [0.3, 0.4) is 0 Å². The average Bonchev–Trinajstić information content (AvgIpc) is 2.61. The van der Waals surface area contributed by atoms with Gasteiger partial charge in [0.25, 0.3) is 0 Å². The molecule has 3 nitrogen and oxygen atoms in total. The summed E-state index contributed by atoms with van der Waals surface area (Å²) >= 11 is 1.21. The van der Waals surface area contributed by atoms with Crippen LogP contribution in [0.25, 0.3) is 0 Å². The van der Waals surface area contributed by atoms with Crippen LogP contribution in [0.15, 0.2) is 0 Å². The molecule has 0 saturated carbocycles. The summed E-state index contributed by atoms with van der Waals surface area (Å²) in [6.07, 6.45) is 0. The molecule has 1 aromatic heterocycles. The number of fused-ring (bicyclic) bond motifs is 1. The molecule has 0 aliphatic carbocycles. The smallest absolute Gasteiger partial charge is 0.110 e. The molecule has 0 radical (unpaired) electrons. The van der Waals surface area contributed by atoms with Crippen molar-refractivity contribution in [1.82, 2.24) is 0 Å². The lowest BCUT2D eigenvalue weighted by atomic mass is 10.1. The van der Waals surface area contributed by atoms with E-state index >= 15 is 0 Å². The lowest BCUT2D eigenvalue weighted by Crippen LogP contribution is -1.85. The van der Waals surface area contributed by atoms with Crippen LogP contribution in [0.5, 0.6) is 0 Å². The van der Waals surface area contributed by atoms with Crippen molar-refractivity contribution in [1.29, 1.82) is 10.5 Å². The maximum absolute atomic E-state index is 11.2. The second-order valence-electron chi connectivity index (χ2n) is 2.67. The summed E-state index contributed by atoms with van der Waals surface area (Å²) in [5, 5.41) is 17.5. The second kappa shape index (κ2) is 2.95. The monoisotopic (exact) mass is 208 g/mol. The van der Waals surface area contributed by atoms with Crippen LogP contribution in [-0.2, 0) is 22.3 Å². The first kappa shape index (κ1) is 8.43. The van der Waals surface area contributed by atoms with Crippen molar-refractivity contribution in [2.45, 2.75) is 11.5 Å². The molecule has 0 unspecified atom stereocenters. The molecule has 1 aromatic rings. The minimum absolute atomic E-state index is 0.441. The van der Waals surface area contributed by atoms with Gasteiger partial charge in [0.15, 0.2) is 0 Å². The summed E-state index contributed by atoms with van der Waals surface area (Å²) in [4.78, 5) is 1.11. The van der Waals surface area contributed by atoms with Crippen LogP contribution in [0.2, 0.25) is 0 Å². The predicted molar refractivity (Wildman–Crippen MR) is 49.3 cm³/mol. The lowest BCUT2D eigenvalue weighted by molar-refractivity contribution is 0.684. The Kier molecular flexibility index (Phi) is 1.91. The average molecular weight is 208 g/mol. The highest BCUT2D eigenvalue weighted by Crippen LogP contribution is 2.34.